The molecular formula is C14H19NO4. The van der Waals surface area contributed by atoms with Crippen LogP contribution in [0.1, 0.15) is 40.0 Å². The summed E-state index contributed by atoms with van der Waals surface area (Å²) in [5.74, 6) is -1.01. The Balaban J connectivity index is 1.80. The summed E-state index contributed by atoms with van der Waals surface area (Å²) in [5.41, 5.74) is -0.725. The molecule has 1 saturated heterocycles. The molecule has 1 aliphatic heterocycles. The smallest absolute Gasteiger partial charge is 0.330 e. The van der Waals surface area contributed by atoms with Crippen molar-refractivity contribution in [2.75, 3.05) is 0 Å². The third-order valence-corrected chi connectivity index (χ3v) is 4.67. The van der Waals surface area contributed by atoms with Crippen LogP contribution in [0.15, 0.2) is 0 Å². The first-order valence-corrected chi connectivity index (χ1v) is 6.91. The van der Waals surface area contributed by atoms with E-state index < -0.39 is 11.4 Å². The van der Waals surface area contributed by atoms with Gasteiger partial charge in [-0.2, -0.15) is 0 Å². The van der Waals surface area contributed by atoms with E-state index in [0.717, 1.165) is 24.3 Å². The van der Waals surface area contributed by atoms with E-state index in [9.17, 15) is 14.4 Å². The minimum absolute atomic E-state index is 0.237. The maximum atomic E-state index is 12.3. The van der Waals surface area contributed by atoms with Gasteiger partial charge in [0.1, 0.15) is 0 Å². The Kier molecular flexibility index (Phi) is 2.53. The fourth-order valence-electron chi connectivity index (χ4n) is 3.69. The lowest BCUT2D eigenvalue weighted by Gasteiger charge is -2.21. The van der Waals surface area contributed by atoms with E-state index in [-0.39, 0.29) is 23.7 Å². The molecule has 2 aliphatic carbocycles. The van der Waals surface area contributed by atoms with Gasteiger partial charge >= 0.3 is 5.97 Å². The quantitative estimate of drug-likeness (QED) is 0.674. The van der Waals surface area contributed by atoms with E-state index in [0.29, 0.717) is 11.8 Å². The van der Waals surface area contributed by atoms with Crippen LogP contribution in [0.4, 0.5) is 0 Å². The van der Waals surface area contributed by atoms with Gasteiger partial charge in [0.05, 0.1) is 17.3 Å². The van der Waals surface area contributed by atoms with Crippen LogP contribution in [0.25, 0.3) is 0 Å². The molecule has 2 bridgehead atoms. The highest BCUT2D eigenvalue weighted by Gasteiger charge is 2.62. The molecule has 2 saturated carbocycles. The van der Waals surface area contributed by atoms with Gasteiger partial charge in [-0.05, 0) is 51.9 Å². The van der Waals surface area contributed by atoms with Gasteiger partial charge in [0.15, 0.2) is 0 Å². The second kappa shape index (κ2) is 3.81. The van der Waals surface area contributed by atoms with Gasteiger partial charge in [-0.15, -0.1) is 5.06 Å². The summed E-state index contributed by atoms with van der Waals surface area (Å²) in [6.07, 6.45) is 3.02. The van der Waals surface area contributed by atoms with Crippen LogP contribution in [0.2, 0.25) is 0 Å². The summed E-state index contributed by atoms with van der Waals surface area (Å²) in [7, 11) is 0. The summed E-state index contributed by atoms with van der Waals surface area (Å²) in [4.78, 5) is 41.5. The van der Waals surface area contributed by atoms with Crippen LogP contribution in [-0.4, -0.2) is 22.8 Å². The SMILES string of the molecule is CC(C)(C)C(=O)ON1C(=O)[C@@H]2C3CCC(C3)[C@@H]2C1=O. The molecule has 0 N–H and O–H groups in total. The minimum atomic E-state index is -0.725. The Morgan fingerprint density at radius 3 is 2.00 bits per heavy atom. The zero-order valence-electron chi connectivity index (χ0n) is 11.5. The number of carbonyl (C=O) groups is 3. The van der Waals surface area contributed by atoms with Crippen LogP contribution in [0.5, 0.6) is 0 Å². The fourth-order valence-corrected chi connectivity index (χ4v) is 3.69. The van der Waals surface area contributed by atoms with Crippen molar-refractivity contribution in [1.29, 1.82) is 0 Å². The van der Waals surface area contributed by atoms with Gasteiger partial charge in [0.25, 0.3) is 11.8 Å². The zero-order chi connectivity index (χ0) is 13.9. The van der Waals surface area contributed by atoms with Crippen molar-refractivity contribution in [1.82, 2.24) is 5.06 Å². The van der Waals surface area contributed by atoms with Crippen LogP contribution >= 0.6 is 0 Å². The number of hydroxylamine groups is 2. The Labute approximate surface area is 112 Å². The molecule has 19 heavy (non-hydrogen) atoms. The summed E-state index contributed by atoms with van der Waals surface area (Å²) in [6.45, 7) is 5.10. The van der Waals surface area contributed by atoms with Gasteiger partial charge in [0.2, 0.25) is 0 Å². The Bertz CT molecular complexity index is 437. The second-order valence-electron chi connectivity index (χ2n) is 6.98. The molecular weight excluding hydrogens is 246 g/mol. The summed E-state index contributed by atoms with van der Waals surface area (Å²) < 4.78 is 0. The number of nitrogens with zero attached hydrogens (tertiary/aromatic N) is 1. The first-order valence-electron chi connectivity index (χ1n) is 6.91. The van der Waals surface area contributed by atoms with Crippen molar-refractivity contribution in [3.05, 3.63) is 0 Å². The maximum absolute atomic E-state index is 12.3. The van der Waals surface area contributed by atoms with Crippen molar-refractivity contribution in [2.24, 2.45) is 29.1 Å². The molecule has 3 fully saturated rings. The second-order valence-corrected chi connectivity index (χ2v) is 6.98. The molecule has 0 aromatic carbocycles. The predicted molar refractivity (Wildman–Crippen MR) is 65.2 cm³/mol. The lowest BCUT2D eigenvalue weighted by atomic mass is 9.81. The van der Waals surface area contributed by atoms with Gasteiger partial charge in [-0.3, -0.25) is 9.59 Å². The molecule has 104 valence electrons. The van der Waals surface area contributed by atoms with Gasteiger partial charge in [-0.25, -0.2) is 4.79 Å². The fraction of sp³-hybridized carbons (Fsp3) is 0.786. The normalized spacial score (nSPS) is 36.9. The zero-order valence-corrected chi connectivity index (χ0v) is 11.5. The molecule has 4 atom stereocenters. The molecule has 0 spiro atoms. The van der Waals surface area contributed by atoms with Gasteiger partial charge < -0.3 is 4.84 Å². The van der Waals surface area contributed by atoms with E-state index in [1.54, 1.807) is 20.8 Å². The molecule has 5 nitrogen and oxygen atoms in total. The third-order valence-electron chi connectivity index (χ3n) is 4.67. The van der Waals surface area contributed by atoms with Gasteiger partial charge in [-0.1, -0.05) is 0 Å². The van der Waals surface area contributed by atoms with Crippen LogP contribution in [-0.2, 0) is 19.2 Å². The molecule has 5 heteroatoms. The van der Waals surface area contributed by atoms with Crippen LogP contribution in [0.3, 0.4) is 0 Å². The van der Waals surface area contributed by atoms with Crippen molar-refractivity contribution in [2.45, 2.75) is 40.0 Å². The Hall–Kier alpha value is -1.39. The van der Waals surface area contributed by atoms with Crippen LogP contribution in [0, 0.1) is 29.1 Å². The van der Waals surface area contributed by atoms with Crippen LogP contribution < -0.4 is 0 Å². The lowest BCUT2D eigenvalue weighted by molar-refractivity contribution is -0.205. The number of imide groups is 1. The number of rotatable bonds is 1. The molecule has 1 heterocycles. The third kappa shape index (κ3) is 1.70. The van der Waals surface area contributed by atoms with E-state index in [2.05, 4.69) is 0 Å². The number of hydrogen-bond donors (Lipinski definition) is 0. The maximum Gasteiger partial charge on any atom is 0.338 e. The number of fused-ring (bicyclic) bond motifs is 5. The molecule has 2 unspecified atom stereocenters. The molecule has 0 radical (unpaired) electrons. The van der Waals surface area contributed by atoms with E-state index >= 15 is 0 Å². The average molecular weight is 265 g/mol. The Morgan fingerprint density at radius 1 is 1.11 bits per heavy atom. The topological polar surface area (TPSA) is 63.7 Å². The highest BCUT2D eigenvalue weighted by molar-refractivity contribution is 6.05. The summed E-state index contributed by atoms with van der Waals surface area (Å²) in [5, 5.41) is 0.743. The first-order chi connectivity index (χ1) is 8.80. The minimum Gasteiger partial charge on any atom is -0.330 e. The lowest BCUT2D eigenvalue weighted by Crippen LogP contribution is -2.38. The number of hydrogen-bond acceptors (Lipinski definition) is 4. The highest BCUT2D eigenvalue weighted by Crippen LogP contribution is 2.56. The largest absolute Gasteiger partial charge is 0.338 e. The van der Waals surface area contributed by atoms with Crippen molar-refractivity contribution < 1.29 is 19.2 Å². The number of carbonyl (C=O) groups excluding carboxylic acids is 3. The molecule has 3 aliphatic rings. The molecule has 3 rings (SSSR count). The predicted octanol–water partition coefficient (Wildman–Crippen LogP) is 1.52. The van der Waals surface area contributed by atoms with E-state index in [1.165, 1.54) is 0 Å². The van der Waals surface area contributed by atoms with Crippen molar-refractivity contribution in [3.63, 3.8) is 0 Å². The molecule has 0 aromatic rings. The molecule has 0 aromatic heterocycles. The molecule has 2 amide bonds. The Morgan fingerprint density at radius 2 is 1.58 bits per heavy atom. The highest BCUT2D eigenvalue weighted by atomic mass is 16.7. The summed E-state index contributed by atoms with van der Waals surface area (Å²) >= 11 is 0. The standard InChI is InChI=1S/C14H19NO4/c1-14(2,3)13(18)19-15-11(16)9-7-4-5-8(6-7)10(9)12(15)17/h7-10H,4-6H2,1-3H3/t7?,8?,9-,10+. The van der Waals surface area contributed by atoms with Crippen molar-refractivity contribution >= 4 is 17.8 Å². The average Bonchev–Trinajstić information content (AvgIpc) is 2.97. The summed E-state index contributed by atoms with van der Waals surface area (Å²) in [6, 6.07) is 0. The van der Waals surface area contributed by atoms with Gasteiger partial charge in [0, 0.05) is 0 Å². The van der Waals surface area contributed by atoms with E-state index in [4.69, 9.17) is 4.84 Å². The number of amides is 2. The van der Waals surface area contributed by atoms with Crippen molar-refractivity contribution in [3.8, 4) is 0 Å². The first kappa shape index (κ1) is 12.6. The van der Waals surface area contributed by atoms with E-state index in [1.807, 2.05) is 0 Å². The monoisotopic (exact) mass is 265 g/mol.